The Balaban J connectivity index is 1.59. The minimum absolute atomic E-state index is 0.0621. The van der Waals surface area contributed by atoms with Gasteiger partial charge in [0.05, 0.1) is 18.4 Å². The maximum Gasteiger partial charge on any atom is 0.245 e. The molecule has 0 aliphatic carbocycles. The van der Waals surface area contributed by atoms with Crippen LogP contribution in [0, 0.1) is 17.7 Å². The number of methoxy groups -OCH3 is 1. The number of rotatable bonds is 3. The second-order valence-corrected chi connectivity index (χ2v) is 7.89. The van der Waals surface area contributed by atoms with Gasteiger partial charge in [0.1, 0.15) is 17.2 Å². The van der Waals surface area contributed by atoms with E-state index in [-0.39, 0.29) is 10.7 Å². The molecule has 1 aliphatic rings. The fourth-order valence-corrected chi connectivity index (χ4v) is 4.07. The molecule has 5 nitrogen and oxygen atoms in total. The Hall–Kier alpha value is -3.60. The van der Waals surface area contributed by atoms with E-state index in [1.54, 1.807) is 37.6 Å². The van der Waals surface area contributed by atoms with E-state index < -0.39 is 17.2 Å². The molecule has 0 bridgehead atoms. The quantitative estimate of drug-likeness (QED) is 0.383. The molecule has 4 rings (SSSR count). The number of halogens is 1. The molecule has 154 valence electrons. The van der Waals surface area contributed by atoms with Gasteiger partial charge in [0.2, 0.25) is 16.6 Å². The Kier molecular flexibility index (Phi) is 6.03. The van der Waals surface area contributed by atoms with E-state index in [0.717, 1.165) is 5.56 Å². The predicted octanol–water partition coefficient (Wildman–Crippen LogP) is 4.14. The van der Waals surface area contributed by atoms with Gasteiger partial charge in [0.25, 0.3) is 0 Å². The molecule has 0 spiro atoms. The average molecular weight is 432 g/mol. The number of aromatic nitrogens is 1. The molecular weight excluding hydrogens is 415 g/mol. The third-order valence-corrected chi connectivity index (χ3v) is 5.68. The first kappa shape index (κ1) is 20.7. The van der Waals surface area contributed by atoms with Gasteiger partial charge in [0, 0.05) is 30.3 Å². The largest absolute Gasteiger partial charge is 0.588 e. The molecule has 0 fully saturated rings. The molecular formula is C24H17FN2O3S. The Morgan fingerprint density at radius 3 is 2.90 bits per heavy atom. The van der Waals surface area contributed by atoms with Crippen LogP contribution < -0.4 is 9.46 Å². The van der Waals surface area contributed by atoms with Crippen LogP contribution in [0.1, 0.15) is 27.0 Å². The van der Waals surface area contributed by atoms with Crippen molar-refractivity contribution in [1.29, 1.82) is 0 Å². The number of allylic oxidation sites excluding steroid dienone is 1. The topological polar surface area (TPSA) is 74.3 Å². The highest BCUT2D eigenvalue weighted by Crippen LogP contribution is 2.31. The number of carbonyl (C=O) groups is 1. The standard InChI is InChI=1S/C24H17FN2O3S/c1-30-23-15-17(10-11-26-23)5-2-4-16-8-9-21-20(13-16)24(28)22(31(29)27-21)14-18-6-3-7-19(25)12-18/h3,6-15,27H,5H2,1H3/b22-14-. The molecule has 0 amide bonds. The number of carbonyl (C=O) groups excluding carboxylic acids is 1. The number of hydrogen-bond acceptors (Lipinski definition) is 5. The monoisotopic (exact) mass is 432 g/mol. The Morgan fingerprint density at radius 2 is 2.10 bits per heavy atom. The fourth-order valence-electron chi connectivity index (χ4n) is 3.06. The Labute approximate surface area is 182 Å². The zero-order chi connectivity index (χ0) is 21.8. The maximum atomic E-state index is 13.5. The number of nitrogens with zero attached hydrogens (tertiary/aromatic N) is 1. The van der Waals surface area contributed by atoms with Gasteiger partial charge in [0.15, 0.2) is 0 Å². The third kappa shape index (κ3) is 4.77. The van der Waals surface area contributed by atoms with Crippen LogP contribution in [-0.2, 0) is 17.8 Å². The van der Waals surface area contributed by atoms with Crippen LogP contribution in [0.5, 0.6) is 5.88 Å². The number of benzene rings is 2. The summed E-state index contributed by atoms with van der Waals surface area (Å²) >= 11 is -1.73. The smallest absolute Gasteiger partial charge is 0.245 e. The highest BCUT2D eigenvalue weighted by molar-refractivity contribution is 7.97. The molecule has 0 saturated heterocycles. The van der Waals surface area contributed by atoms with Crippen LogP contribution in [0.25, 0.3) is 6.08 Å². The number of ketones is 1. The lowest BCUT2D eigenvalue weighted by Crippen LogP contribution is -2.27. The Bertz CT molecular complexity index is 1250. The van der Waals surface area contributed by atoms with Crippen molar-refractivity contribution in [2.45, 2.75) is 6.42 Å². The van der Waals surface area contributed by atoms with E-state index in [0.29, 0.717) is 34.7 Å². The van der Waals surface area contributed by atoms with Crippen molar-refractivity contribution in [3.63, 3.8) is 0 Å². The first-order valence-corrected chi connectivity index (χ1v) is 10.5. The van der Waals surface area contributed by atoms with Crippen molar-refractivity contribution in [1.82, 2.24) is 4.98 Å². The van der Waals surface area contributed by atoms with E-state index >= 15 is 0 Å². The van der Waals surface area contributed by atoms with Crippen molar-refractivity contribution in [2.24, 2.45) is 0 Å². The van der Waals surface area contributed by atoms with Gasteiger partial charge in [-0.15, -0.1) is 0 Å². The van der Waals surface area contributed by atoms with Gasteiger partial charge in [-0.2, -0.15) is 0 Å². The molecule has 7 heteroatoms. The van der Waals surface area contributed by atoms with Crippen molar-refractivity contribution in [3.05, 3.63) is 93.8 Å². The second-order valence-electron chi connectivity index (χ2n) is 6.71. The number of Topliss-reactive ketones (excluding diaryl/α,β-unsaturated/α-hetero) is 1. The van der Waals surface area contributed by atoms with Gasteiger partial charge in [-0.05, 0) is 47.5 Å². The van der Waals surface area contributed by atoms with E-state index in [4.69, 9.17) is 4.74 Å². The summed E-state index contributed by atoms with van der Waals surface area (Å²) in [6.45, 7) is 0. The van der Waals surface area contributed by atoms with Crippen molar-refractivity contribution in [3.8, 4) is 17.7 Å². The minimum Gasteiger partial charge on any atom is -0.588 e. The van der Waals surface area contributed by atoms with E-state index in [1.165, 1.54) is 24.3 Å². The fraction of sp³-hybridized carbons (Fsp3) is 0.0833. The molecule has 31 heavy (non-hydrogen) atoms. The molecule has 2 aromatic carbocycles. The molecule has 0 saturated carbocycles. The third-order valence-electron chi connectivity index (χ3n) is 4.57. The van der Waals surface area contributed by atoms with Crippen LogP contribution in [0.15, 0.2) is 65.7 Å². The lowest BCUT2D eigenvalue weighted by atomic mass is 10.0. The van der Waals surface area contributed by atoms with Gasteiger partial charge in [-0.1, -0.05) is 24.0 Å². The summed E-state index contributed by atoms with van der Waals surface area (Å²) in [5.74, 6) is 5.84. The number of nitrogens with one attached hydrogen (secondary N) is 1. The first-order chi connectivity index (χ1) is 15.0. The molecule has 1 aliphatic heterocycles. The number of ether oxygens (including phenoxy) is 1. The summed E-state index contributed by atoms with van der Waals surface area (Å²) in [5.41, 5.74) is 2.94. The van der Waals surface area contributed by atoms with Gasteiger partial charge in [-0.25, -0.2) is 14.1 Å². The molecule has 1 unspecified atom stereocenters. The number of fused-ring (bicyclic) bond motifs is 1. The summed E-state index contributed by atoms with van der Waals surface area (Å²) < 4.78 is 33.9. The van der Waals surface area contributed by atoms with E-state index in [9.17, 15) is 13.7 Å². The second kappa shape index (κ2) is 9.04. The Morgan fingerprint density at radius 1 is 1.23 bits per heavy atom. The van der Waals surface area contributed by atoms with Gasteiger partial charge in [-0.3, -0.25) is 4.79 Å². The molecule has 3 aromatic rings. The molecule has 1 aromatic heterocycles. The SMILES string of the molecule is COc1cc(CC#Cc2ccc3c(c2)C(=O)/C(=C/c2cccc(F)c2)[S+]([O-])N3)ccn1. The van der Waals surface area contributed by atoms with Gasteiger partial charge >= 0.3 is 0 Å². The lowest BCUT2D eigenvalue weighted by Gasteiger charge is -2.21. The summed E-state index contributed by atoms with van der Waals surface area (Å²) in [5, 5.41) is 0. The zero-order valence-corrected chi connectivity index (χ0v) is 17.3. The average Bonchev–Trinajstić information content (AvgIpc) is 2.77. The minimum atomic E-state index is -1.73. The highest BCUT2D eigenvalue weighted by Gasteiger charge is 2.33. The van der Waals surface area contributed by atoms with Crippen LogP contribution in [0.4, 0.5) is 10.1 Å². The van der Waals surface area contributed by atoms with Crippen LogP contribution in [0.3, 0.4) is 0 Å². The maximum absolute atomic E-state index is 13.5. The van der Waals surface area contributed by atoms with E-state index in [2.05, 4.69) is 21.5 Å². The molecule has 1 atom stereocenters. The normalized spacial score (nSPS) is 16.2. The number of anilines is 1. The predicted molar refractivity (Wildman–Crippen MR) is 118 cm³/mol. The number of pyridine rings is 1. The molecule has 1 N–H and O–H groups in total. The van der Waals surface area contributed by atoms with Crippen LogP contribution in [0.2, 0.25) is 0 Å². The summed E-state index contributed by atoms with van der Waals surface area (Å²) in [6, 6.07) is 14.6. The van der Waals surface area contributed by atoms with Crippen LogP contribution >= 0.6 is 0 Å². The number of hydrogen-bond donors (Lipinski definition) is 1. The summed E-state index contributed by atoms with van der Waals surface area (Å²) in [4.78, 5) is 17.1. The van der Waals surface area contributed by atoms with Crippen molar-refractivity contribution >= 4 is 28.9 Å². The summed E-state index contributed by atoms with van der Waals surface area (Å²) in [7, 11) is 1.56. The molecule has 0 radical (unpaired) electrons. The van der Waals surface area contributed by atoms with Crippen LogP contribution in [-0.4, -0.2) is 22.4 Å². The lowest BCUT2D eigenvalue weighted by molar-refractivity contribution is 0.104. The highest BCUT2D eigenvalue weighted by atomic mass is 32.2. The molecule has 2 heterocycles. The van der Waals surface area contributed by atoms with Crippen molar-refractivity contribution < 1.29 is 18.5 Å². The van der Waals surface area contributed by atoms with Crippen molar-refractivity contribution in [2.75, 3.05) is 11.8 Å². The summed E-state index contributed by atoms with van der Waals surface area (Å²) in [6.07, 6.45) is 3.59. The van der Waals surface area contributed by atoms with E-state index in [1.807, 2.05) is 12.1 Å². The first-order valence-electron chi connectivity index (χ1n) is 9.36. The van der Waals surface area contributed by atoms with Gasteiger partial charge < -0.3 is 9.29 Å². The zero-order valence-electron chi connectivity index (χ0n) is 16.5.